The van der Waals surface area contributed by atoms with Crippen LogP contribution >= 0.6 is 0 Å². The van der Waals surface area contributed by atoms with E-state index >= 15 is 0 Å². The molecule has 2 aliphatic rings. The van der Waals surface area contributed by atoms with E-state index in [0.29, 0.717) is 12.0 Å². The molecule has 0 spiro atoms. The quantitative estimate of drug-likeness (QED) is 0.628. The minimum absolute atomic E-state index is 0.285. The van der Waals surface area contributed by atoms with E-state index in [1.54, 1.807) is 0 Å². The molecular weight excluding hydrogens is 176 g/mol. The summed E-state index contributed by atoms with van der Waals surface area (Å²) in [6.07, 6.45) is 3.46. The van der Waals surface area contributed by atoms with Crippen molar-refractivity contribution >= 4 is 6.03 Å². The highest BCUT2D eigenvalue weighted by Gasteiger charge is 2.36. The van der Waals surface area contributed by atoms with Gasteiger partial charge in [0.1, 0.15) is 0 Å². The van der Waals surface area contributed by atoms with Crippen molar-refractivity contribution in [3.8, 4) is 0 Å². The molecular formula is C11H20N2O. The van der Waals surface area contributed by atoms with Crippen LogP contribution < -0.4 is 0 Å². The normalized spacial score (nSPS) is 31.9. The molecule has 2 aliphatic heterocycles. The highest BCUT2D eigenvalue weighted by atomic mass is 16.2. The summed E-state index contributed by atoms with van der Waals surface area (Å²) in [4.78, 5) is 16.1. The standard InChI is InChI=1S/C11H20N2O/c1-3-10-9(2)5-8-13(10)11(14)12-6-4-7-12/h9-10H,3-8H2,1-2H3. The molecule has 0 aliphatic carbocycles. The Hall–Kier alpha value is -0.730. The van der Waals surface area contributed by atoms with Crippen LogP contribution in [0.2, 0.25) is 0 Å². The van der Waals surface area contributed by atoms with Gasteiger partial charge in [-0.3, -0.25) is 0 Å². The van der Waals surface area contributed by atoms with Gasteiger partial charge < -0.3 is 9.80 Å². The van der Waals surface area contributed by atoms with Gasteiger partial charge in [-0.2, -0.15) is 0 Å². The van der Waals surface area contributed by atoms with E-state index in [9.17, 15) is 4.79 Å². The van der Waals surface area contributed by atoms with Crippen LogP contribution in [0.3, 0.4) is 0 Å². The fourth-order valence-electron chi connectivity index (χ4n) is 2.56. The molecule has 0 aromatic rings. The first kappa shape index (κ1) is 9.81. The van der Waals surface area contributed by atoms with Crippen LogP contribution in [0.5, 0.6) is 0 Å². The van der Waals surface area contributed by atoms with Gasteiger partial charge in [0.15, 0.2) is 0 Å². The van der Waals surface area contributed by atoms with E-state index < -0.39 is 0 Å². The number of carbonyl (C=O) groups is 1. The van der Waals surface area contributed by atoms with Crippen molar-refractivity contribution in [2.45, 2.75) is 39.2 Å². The van der Waals surface area contributed by atoms with Crippen molar-refractivity contribution in [3.05, 3.63) is 0 Å². The molecule has 80 valence electrons. The highest BCUT2D eigenvalue weighted by Crippen LogP contribution is 2.28. The summed E-state index contributed by atoms with van der Waals surface area (Å²) < 4.78 is 0. The second-order valence-electron chi connectivity index (χ2n) is 4.56. The zero-order chi connectivity index (χ0) is 10.1. The van der Waals surface area contributed by atoms with Gasteiger partial charge in [0.2, 0.25) is 0 Å². The third-order valence-corrected chi connectivity index (χ3v) is 3.67. The van der Waals surface area contributed by atoms with Crippen molar-refractivity contribution in [1.82, 2.24) is 9.80 Å². The van der Waals surface area contributed by atoms with E-state index in [2.05, 4.69) is 18.7 Å². The SMILES string of the molecule is CCC1C(C)CCN1C(=O)N1CCC1. The fraction of sp³-hybridized carbons (Fsp3) is 0.909. The molecule has 3 heteroatoms. The predicted molar refractivity (Wildman–Crippen MR) is 56.2 cm³/mol. The summed E-state index contributed by atoms with van der Waals surface area (Å²) in [6, 6.07) is 0.774. The minimum Gasteiger partial charge on any atom is -0.325 e. The molecule has 0 aromatic carbocycles. The maximum absolute atomic E-state index is 12.0. The van der Waals surface area contributed by atoms with E-state index in [1.165, 1.54) is 12.8 Å². The minimum atomic E-state index is 0.285. The van der Waals surface area contributed by atoms with Crippen molar-refractivity contribution in [1.29, 1.82) is 0 Å². The molecule has 0 bridgehead atoms. The van der Waals surface area contributed by atoms with Gasteiger partial charge in [0.25, 0.3) is 0 Å². The summed E-state index contributed by atoms with van der Waals surface area (Å²) in [6.45, 7) is 7.36. The Kier molecular flexibility index (Phi) is 2.66. The van der Waals surface area contributed by atoms with E-state index in [-0.39, 0.29) is 6.03 Å². The highest BCUT2D eigenvalue weighted by molar-refractivity contribution is 5.75. The second-order valence-corrected chi connectivity index (χ2v) is 4.56. The Morgan fingerprint density at radius 1 is 1.36 bits per heavy atom. The topological polar surface area (TPSA) is 23.6 Å². The number of amides is 2. The molecule has 2 atom stereocenters. The zero-order valence-electron chi connectivity index (χ0n) is 9.20. The van der Waals surface area contributed by atoms with Crippen LogP contribution in [0.4, 0.5) is 4.79 Å². The Morgan fingerprint density at radius 2 is 2.07 bits per heavy atom. The lowest BCUT2D eigenvalue weighted by molar-refractivity contribution is 0.118. The third-order valence-electron chi connectivity index (χ3n) is 3.67. The van der Waals surface area contributed by atoms with Crippen molar-refractivity contribution in [2.75, 3.05) is 19.6 Å². The van der Waals surface area contributed by atoms with E-state index in [4.69, 9.17) is 0 Å². The van der Waals surface area contributed by atoms with Crippen LogP contribution in [0.25, 0.3) is 0 Å². The fourth-order valence-corrected chi connectivity index (χ4v) is 2.56. The molecule has 0 saturated carbocycles. The molecule has 0 aromatic heterocycles. The van der Waals surface area contributed by atoms with Crippen molar-refractivity contribution in [2.24, 2.45) is 5.92 Å². The summed E-state index contributed by atoms with van der Waals surface area (Å²) in [7, 11) is 0. The smallest absolute Gasteiger partial charge is 0.320 e. The average molecular weight is 196 g/mol. The van der Waals surface area contributed by atoms with Gasteiger partial charge in [0.05, 0.1) is 0 Å². The third kappa shape index (κ3) is 1.49. The Labute approximate surface area is 86.1 Å². The number of hydrogen-bond donors (Lipinski definition) is 0. The van der Waals surface area contributed by atoms with Crippen LogP contribution in [0.15, 0.2) is 0 Å². The first-order chi connectivity index (χ1) is 6.74. The summed E-state index contributed by atoms with van der Waals surface area (Å²) in [5.41, 5.74) is 0. The zero-order valence-corrected chi connectivity index (χ0v) is 9.20. The van der Waals surface area contributed by atoms with Crippen LogP contribution in [0.1, 0.15) is 33.1 Å². The first-order valence-electron chi connectivity index (χ1n) is 5.79. The van der Waals surface area contributed by atoms with Gasteiger partial charge in [-0.1, -0.05) is 13.8 Å². The number of rotatable bonds is 1. The van der Waals surface area contributed by atoms with Gasteiger partial charge in [0, 0.05) is 25.7 Å². The predicted octanol–water partition coefficient (Wildman–Crippen LogP) is 1.93. The molecule has 2 unspecified atom stereocenters. The molecule has 2 heterocycles. The monoisotopic (exact) mass is 196 g/mol. The van der Waals surface area contributed by atoms with Gasteiger partial charge in [-0.25, -0.2) is 4.79 Å². The molecule has 3 nitrogen and oxygen atoms in total. The number of carbonyl (C=O) groups excluding carboxylic acids is 1. The second kappa shape index (κ2) is 3.79. The van der Waals surface area contributed by atoms with Crippen LogP contribution in [-0.4, -0.2) is 41.5 Å². The first-order valence-corrected chi connectivity index (χ1v) is 5.79. The Balaban J connectivity index is 1.98. The average Bonchev–Trinajstić information content (AvgIpc) is 2.43. The Bertz CT molecular complexity index is 225. The number of hydrogen-bond acceptors (Lipinski definition) is 1. The Morgan fingerprint density at radius 3 is 2.57 bits per heavy atom. The molecule has 0 N–H and O–H groups in total. The van der Waals surface area contributed by atoms with Crippen molar-refractivity contribution in [3.63, 3.8) is 0 Å². The molecule has 14 heavy (non-hydrogen) atoms. The van der Waals surface area contributed by atoms with Gasteiger partial charge >= 0.3 is 6.03 Å². The van der Waals surface area contributed by atoms with Gasteiger partial charge in [-0.15, -0.1) is 0 Å². The lowest BCUT2D eigenvalue weighted by Gasteiger charge is -2.37. The summed E-state index contributed by atoms with van der Waals surface area (Å²) >= 11 is 0. The van der Waals surface area contributed by atoms with Crippen molar-refractivity contribution < 1.29 is 4.79 Å². The lowest BCUT2D eigenvalue weighted by atomic mass is 10.0. The molecule has 2 saturated heterocycles. The van der Waals surface area contributed by atoms with E-state index in [0.717, 1.165) is 26.1 Å². The molecule has 2 fully saturated rings. The van der Waals surface area contributed by atoms with Crippen LogP contribution in [0, 0.1) is 5.92 Å². The number of likely N-dealkylation sites (tertiary alicyclic amines) is 2. The summed E-state index contributed by atoms with van der Waals surface area (Å²) in [5, 5.41) is 0. The maximum atomic E-state index is 12.0. The largest absolute Gasteiger partial charge is 0.325 e. The lowest BCUT2D eigenvalue weighted by Crippen LogP contribution is -2.51. The summed E-state index contributed by atoms with van der Waals surface area (Å²) in [5.74, 6) is 0.685. The molecule has 2 amide bonds. The molecule has 2 rings (SSSR count). The van der Waals surface area contributed by atoms with E-state index in [1.807, 2.05) is 4.90 Å². The van der Waals surface area contributed by atoms with Gasteiger partial charge in [-0.05, 0) is 25.2 Å². The molecule has 0 radical (unpaired) electrons. The maximum Gasteiger partial charge on any atom is 0.320 e. The van der Waals surface area contributed by atoms with Crippen LogP contribution in [-0.2, 0) is 0 Å². The number of nitrogens with zero attached hydrogens (tertiary/aromatic N) is 2. The number of urea groups is 1.